The maximum atomic E-state index is 12.2. The highest BCUT2D eigenvalue weighted by Gasteiger charge is 2.11. The summed E-state index contributed by atoms with van der Waals surface area (Å²) in [6.07, 6.45) is 2.90. The van der Waals surface area contributed by atoms with Crippen molar-refractivity contribution in [3.05, 3.63) is 87.2 Å². The summed E-state index contributed by atoms with van der Waals surface area (Å²) < 4.78 is 5.15. The third kappa shape index (κ3) is 2.85. The van der Waals surface area contributed by atoms with Crippen LogP contribution in [0.3, 0.4) is 0 Å². The highest BCUT2D eigenvalue weighted by Crippen LogP contribution is 2.17. The molecule has 0 fully saturated rings. The normalized spacial score (nSPS) is 11.1. The first-order valence-corrected chi connectivity index (χ1v) is 7.03. The zero-order valence-electron chi connectivity index (χ0n) is 11.5. The lowest BCUT2D eigenvalue weighted by atomic mass is 10.1. The SMILES string of the molecule is O=C(/C=C/c1ccccc1Cl)c1cc2ccccc2oc1=O. The number of ketones is 1. The molecule has 2 aromatic carbocycles. The molecule has 0 aliphatic carbocycles. The Hall–Kier alpha value is -2.65. The van der Waals surface area contributed by atoms with Crippen LogP contribution in [0.2, 0.25) is 5.02 Å². The first kappa shape index (κ1) is 14.3. The number of allylic oxidation sites excluding steroid dienone is 1. The standard InChI is InChI=1S/C18H11ClO3/c19-15-7-3-1-5-12(15)9-10-16(20)14-11-13-6-2-4-8-17(13)22-18(14)21/h1-11H/b10-9+. The van der Waals surface area contributed by atoms with Crippen LogP contribution >= 0.6 is 11.6 Å². The van der Waals surface area contributed by atoms with Gasteiger partial charge >= 0.3 is 5.63 Å². The molecule has 0 unspecified atom stereocenters. The smallest absolute Gasteiger partial charge is 0.347 e. The second-order valence-corrected chi connectivity index (χ2v) is 5.11. The summed E-state index contributed by atoms with van der Waals surface area (Å²) in [6, 6.07) is 15.7. The fourth-order valence-electron chi connectivity index (χ4n) is 2.10. The van der Waals surface area contributed by atoms with Crippen LogP contribution in [0.4, 0.5) is 0 Å². The van der Waals surface area contributed by atoms with E-state index in [0.29, 0.717) is 21.6 Å². The van der Waals surface area contributed by atoms with Crippen LogP contribution in [0, 0.1) is 0 Å². The van der Waals surface area contributed by atoms with E-state index in [1.54, 1.807) is 48.5 Å². The van der Waals surface area contributed by atoms with Gasteiger partial charge in [0.05, 0.1) is 0 Å². The van der Waals surface area contributed by atoms with Gasteiger partial charge in [0, 0.05) is 10.4 Å². The Morgan fingerprint density at radius 2 is 1.77 bits per heavy atom. The molecule has 3 aromatic rings. The topological polar surface area (TPSA) is 47.3 Å². The Morgan fingerprint density at radius 3 is 2.59 bits per heavy atom. The van der Waals surface area contributed by atoms with Crippen LogP contribution in [-0.4, -0.2) is 5.78 Å². The molecule has 0 spiro atoms. The highest BCUT2D eigenvalue weighted by molar-refractivity contribution is 6.32. The molecule has 0 bridgehead atoms. The maximum Gasteiger partial charge on any atom is 0.347 e. The van der Waals surface area contributed by atoms with Gasteiger partial charge in [-0.15, -0.1) is 0 Å². The van der Waals surface area contributed by atoms with E-state index in [0.717, 1.165) is 0 Å². The minimum absolute atomic E-state index is 0.00186. The molecule has 0 saturated carbocycles. The van der Waals surface area contributed by atoms with E-state index in [-0.39, 0.29) is 5.56 Å². The zero-order valence-corrected chi connectivity index (χ0v) is 12.2. The predicted molar refractivity (Wildman–Crippen MR) is 87.3 cm³/mol. The average Bonchev–Trinajstić information content (AvgIpc) is 2.53. The van der Waals surface area contributed by atoms with Crippen molar-refractivity contribution in [3.8, 4) is 0 Å². The molecule has 0 atom stereocenters. The monoisotopic (exact) mass is 310 g/mol. The van der Waals surface area contributed by atoms with Gasteiger partial charge in [-0.05, 0) is 35.9 Å². The molecular weight excluding hydrogens is 300 g/mol. The molecule has 1 heterocycles. The summed E-state index contributed by atoms with van der Waals surface area (Å²) in [5.74, 6) is -0.417. The number of carbonyl (C=O) groups excluding carboxylic acids is 1. The molecule has 4 heteroatoms. The number of para-hydroxylation sites is 1. The Morgan fingerprint density at radius 1 is 1.05 bits per heavy atom. The van der Waals surface area contributed by atoms with Crippen molar-refractivity contribution >= 4 is 34.4 Å². The van der Waals surface area contributed by atoms with Gasteiger partial charge in [-0.25, -0.2) is 4.79 Å². The van der Waals surface area contributed by atoms with Crippen molar-refractivity contribution in [2.45, 2.75) is 0 Å². The lowest BCUT2D eigenvalue weighted by Crippen LogP contribution is -2.11. The first-order valence-electron chi connectivity index (χ1n) is 6.65. The largest absolute Gasteiger partial charge is 0.422 e. The summed E-state index contributed by atoms with van der Waals surface area (Å²) in [6.45, 7) is 0. The number of carbonyl (C=O) groups is 1. The van der Waals surface area contributed by atoms with Crippen LogP contribution in [-0.2, 0) is 0 Å². The van der Waals surface area contributed by atoms with Crippen LogP contribution < -0.4 is 5.63 Å². The summed E-state index contributed by atoms with van der Waals surface area (Å²) in [4.78, 5) is 24.1. The minimum Gasteiger partial charge on any atom is -0.422 e. The van der Waals surface area contributed by atoms with Crippen molar-refractivity contribution in [2.75, 3.05) is 0 Å². The van der Waals surface area contributed by atoms with Crippen molar-refractivity contribution in [3.63, 3.8) is 0 Å². The molecule has 0 N–H and O–H groups in total. The van der Waals surface area contributed by atoms with E-state index >= 15 is 0 Å². The molecule has 108 valence electrons. The summed E-state index contributed by atoms with van der Waals surface area (Å²) in [5.41, 5.74) is 0.524. The first-order chi connectivity index (χ1) is 10.6. The van der Waals surface area contributed by atoms with Crippen molar-refractivity contribution in [1.82, 2.24) is 0 Å². The average molecular weight is 311 g/mol. The molecular formula is C18H11ClO3. The van der Waals surface area contributed by atoms with E-state index in [1.165, 1.54) is 6.08 Å². The zero-order chi connectivity index (χ0) is 15.5. The third-order valence-corrected chi connectivity index (χ3v) is 3.57. The lowest BCUT2D eigenvalue weighted by molar-refractivity contribution is 0.104. The van der Waals surface area contributed by atoms with Gasteiger partial charge < -0.3 is 4.42 Å². The fourth-order valence-corrected chi connectivity index (χ4v) is 2.30. The van der Waals surface area contributed by atoms with Crippen molar-refractivity contribution in [2.24, 2.45) is 0 Å². The van der Waals surface area contributed by atoms with Crippen LogP contribution in [0.25, 0.3) is 17.0 Å². The molecule has 1 aromatic heterocycles. The minimum atomic E-state index is -0.646. The molecule has 0 aliphatic rings. The van der Waals surface area contributed by atoms with Gasteiger partial charge in [0.1, 0.15) is 11.1 Å². The van der Waals surface area contributed by atoms with Crippen LogP contribution in [0.15, 0.2) is 69.9 Å². The molecule has 0 amide bonds. The summed E-state index contributed by atoms with van der Waals surface area (Å²) >= 11 is 6.02. The second kappa shape index (κ2) is 6.00. The lowest BCUT2D eigenvalue weighted by Gasteiger charge is -1.99. The Labute approximate surface area is 131 Å². The van der Waals surface area contributed by atoms with Gasteiger partial charge in [-0.1, -0.05) is 48.0 Å². The molecule has 22 heavy (non-hydrogen) atoms. The number of fused-ring (bicyclic) bond motifs is 1. The van der Waals surface area contributed by atoms with E-state index in [2.05, 4.69) is 0 Å². The van der Waals surface area contributed by atoms with Crippen molar-refractivity contribution < 1.29 is 9.21 Å². The Bertz CT molecular complexity index is 938. The van der Waals surface area contributed by atoms with Gasteiger partial charge in [0.25, 0.3) is 0 Å². The second-order valence-electron chi connectivity index (χ2n) is 4.70. The Kier molecular flexibility index (Phi) is 3.90. The molecule has 0 saturated heterocycles. The summed E-state index contributed by atoms with van der Waals surface area (Å²) in [7, 11) is 0. The quantitative estimate of drug-likeness (QED) is 0.410. The molecule has 3 rings (SSSR count). The van der Waals surface area contributed by atoms with Gasteiger partial charge in [0.2, 0.25) is 0 Å². The predicted octanol–water partition coefficient (Wildman–Crippen LogP) is 4.34. The van der Waals surface area contributed by atoms with Gasteiger partial charge in [0.15, 0.2) is 5.78 Å². The van der Waals surface area contributed by atoms with Gasteiger partial charge in [-0.3, -0.25) is 4.79 Å². The molecule has 0 radical (unpaired) electrons. The van der Waals surface area contributed by atoms with Gasteiger partial charge in [-0.2, -0.15) is 0 Å². The molecule has 0 aliphatic heterocycles. The van der Waals surface area contributed by atoms with E-state index in [4.69, 9.17) is 16.0 Å². The maximum absolute atomic E-state index is 12.2. The fraction of sp³-hybridized carbons (Fsp3) is 0. The summed E-state index contributed by atoms with van der Waals surface area (Å²) in [5, 5.41) is 1.24. The highest BCUT2D eigenvalue weighted by atomic mass is 35.5. The van der Waals surface area contributed by atoms with Crippen LogP contribution in [0.5, 0.6) is 0 Å². The van der Waals surface area contributed by atoms with E-state index in [9.17, 15) is 9.59 Å². The van der Waals surface area contributed by atoms with Crippen molar-refractivity contribution in [1.29, 1.82) is 0 Å². The Balaban J connectivity index is 1.97. The number of rotatable bonds is 3. The third-order valence-electron chi connectivity index (χ3n) is 3.23. The van der Waals surface area contributed by atoms with E-state index < -0.39 is 11.4 Å². The number of halogens is 1. The number of hydrogen-bond donors (Lipinski definition) is 0. The van der Waals surface area contributed by atoms with Crippen LogP contribution in [0.1, 0.15) is 15.9 Å². The number of hydrogen-bond acceptors (Lipinski definition) is 3. The molecule has 3 nitrogen and oxygen atoms in total. The van der Waals surface area contributed by atoms with E-state index in [1.807, 2.05) is 12.1 Å². The number of benzene rings is 2.